The summed E-state index contributed by atoms with van der Waals surface area (Å²) >= 11 is 1.97. The van der Waals surface area contributed by atoms with E-state index in [0.717, 1.165) is 45.5 Å². The van der Waals surface area contributed by atoms with E-state index in [1.54, 1.807) is 0 Å². The molecule has 0 N–H and O–H groups in total. The van der Waals surface area contributed by atoms with Crippen LogP contribution in [0.2, 0.25) is 0 Å². The van der Waals surface area contributed by atoms with Crippen LogP contribution in [0.15, 0.2) is 267 Å². The van der Waals surface area contributed by atoms with Gasteiger partial charge in [-0.1, -0.05) is 252 Å². The van der Waals surface area contributed by atoms with Crippen LogP contribution in [0.4, 0.5) is 51.2 Å². The second-order valence-electron chi connectivity index (χ2n) is 31.7. The topological polar surface area (TPSA) is 14.7 Å². The van der Waals surface area contributed by atoms with Crippen LogP contribution in [0.5, 0.6) is 0 Å². The Hall–Kier alpha value is -10.7. The molecule has 0 saturated heterocycles. The molecule has 0 saturated carbocycles. The van der Waals surface area contributed by atoms with E-state index in [2.05, 4.69) is 362 Å². The Morgan fingerprint density at radius 3 is 1.70 bits per heavy atom. The third kappa shape index (κ3) is 8.83. The summed E-state index contributed by atoms with van der Waals surface area (Å²) in [6, 6.07) is 103. The summed E-state index contributed by atoms with van der Waals surface area (Å²) in [5.74, 6) is 0. The maximum atomic E-state index is 2.72. The van der Waals surface area contributed by atoms with Crippen molar-refractivity contribution in [3.63, 3.8) is 0 Å². The van der Waals surface area contributed by atoms with Crippen molar-refractivity contribution in [2.45, 2.75) is 97.8 Å². The monoisotopic (exact) mass is 1290 g/mol. The predicted octanol–water partition coefficient (Wildman–Crippen LogP) is 24.3. The van der Waals surface area contributed by atoms with Crippen molar-refractivity contribution in [1.29, 1.82) is 0 Å². The van der Waals surface area contributed by atoms with E-state index < -0.39 is 0 Å². The number of nitrogens with zero attached hydrogens (tertiary/aromatic N) is 4. The van der Waals surface area contributed by atoms with Gasteiger partial charge in [-0.3, -0.25) is 0 Å². The minimum absolute atomic E-state index is 0.0429. The van der Waals surface area contributed by atoms with Crippen LogP contribution in [-0.2, 0) is 21.7 Å². The average molecular weight is 1290 g/mol. The molecule has 0 unspecified atom stereocenters. The van der Waals surface area contributed by atoms with Gasteiger partial charge in [0, 0.05) is 76.3 Å². The minimum Gasteiger partial charge on any atom is -0.311 e. The van der Waals surface area contributed by atoms with Gasteiger partial charge in [0.05, 0.1) is 33.8 Å². The van der Waals surface area contributed by atoms with Gasteiger partial charge in [0.25, 0.3) is 6.71 Å². The number of para-hydroxylation sites is 3. The quantitative estimate of drug-likeness (QED) is 0.117. The van der Waals surface area contributed by atoms with Crippen LogP contribution in [0.3, 0.4) is 0 Å². The molecule has 0 radical (unpaired) electrons. The molecule has 0 atom stereocenters. The SMILES string of the molecule is CC(C)(C)c1ccc(N2c3cc(-n4c5ccccc5c5ccccc54)cc4c3B(c3ccc(N(c5ccccc5)c5cccc6c5-c5ccccc5C6(C)C)cc3N4c3ccc(C(C)(C)C)cc3-c3ccc4ccc5cccc6ccc3c4c56)c3sc4ccc(C(C)(C)C)cc4c32)cc1. The maximum Gasteiger partial charge on any atom is 0.264 e. The molecule has 3 aliphatic rings. The fraction of sp³-hybridized carbons (Fsp3) is 0.161. The van der Waals surface area contributed by atoms with Gasteiger partial charge in [-0.25, -0.2) is 0 Å². The summed E-state index contributed by atoms with van der Waals surface area (Å²) in [5, 5.41) is 11.4. The molecule has 19 rings (SSSR count). The number of fused-ring (bicyclic) bond motifs is 12. The van der Waals surface area contributed by atoms with Gasteiger partial charge < -0.3 is 19.3 Å². The average Bonchev–Trinajstić information content (AvgIpc) is 1.68. The van der Waals surface area contributed by atoms with Gasteiger partial charge in [0.15, 0.2) is 0 Å². The molecule has 0 bridgehead atoms. The molecule has 0 spiro atoms. The van der Waals surface area contributed by atoms with Crippen molar-refractivity contribution < 1.29 is 0 Å². The Labute approximate surface area is 585 Å². The van der Waals surface area contributed by atoms with Gasteiger partial charge in [0.2, 0.25) is 0 Å². The van der Waals surface area contributed by atoms with Gasteiger partial charge in [-0.15, -0.1) is 11.3 Å². The lowest BCUT2D eigenvalue weighted by Gasteiger charge is -2.44. The Bertz CT molecular complexity index is 5980. The van der Waals surface area contributed by atoms with Crippen LogP contribution in [0, 0.1) is 0 Å². The zero-order chi connectivity index (χ0) is 67.3. The van der Waals surface area contributed by atoms with Crippen LogP contribution >= 0.6 is 11.3 Å². The summed E-state index contributed by atoms with van der Waals surface area (Å²) in [6.45, 7) is 25.8. The molecule has 478 valence electrons. The van der Waals surface area contributed by atoms with Crippen molar-refractivity contribution in [2.75, 3.05) is 14.7 Å². The molecule has 2 aliphatic heterocycles. The van der Waals surface area contributed by atoms with Gasteiger partial charge in [-0.05, 0) is 189 Å². The molecule has 1 aliphatic carbocycles. The normalized spacial score (nSPS) is 14.0. The van der Waals surface area contributed by atoms with E-state index in [1.807, 2.05) is 11.3 Å². The maximum absolute atomic E-state index is 2.72. The Balaban J connectivity index is 0.980. The number of hydrogen-bond donors (Lipinski definition) is 0. The Kier molecular flexibility index (Phi) is 12.8. The Morgan fingerprint density at radius 2 is 0.980 bits per heavy atom. The van der Waals surface area contributed by atoms with E-state index in [-0.39, 0.29) is 28.4 Å². The van der Waals surface area contributed by atoms with E-state index in [4.69, 9.17) is 0 Å². The lowest BCUT2D eigenvalue weighted by molar-refractivity contribution is 0.590. The van der Waals surface area contributed by atoms with Crippen molar-refractivity contribution in [3.8, 4) is 27.9 Å². The number of thiophene rings is 1. The highest BCUT2D eigenvalue weighted by Gasteiger charge is 2.47. The summed E-state index contributed by atoms with van der Waals surface area (Å²) in [5.41, 5.74) is 27.4. The molecule has 16 aromatic rings. The summed E-state index contributed by atoms with van der Waals surface area (Å²) < 4.78 is 5.18. The first-order valence-corrected chi connectivity index (χ1v) is 36.1. The molecule has 4 nitrogen and oxygen atoms in total. The molecule has 99 heavy (non-hydrogen) atoms. The van der Waals surface area contributed by atoms with Crippen molar-refractivity contribution in [2.24, 2.45) is 0 Å². The predicted molar refractivity (Wildman–Crippen MR) is 428 cm³/mol. The minimum atomic E-state index is -0.202. The number of rotatable bonds is 7. The molecule has 0 amide bonds. The highest BCUT2D eigenvalue weighted by atomic mass is 32.1. The number of anilines is 9. The molecule has 14 aromatic carbocycles. The molecule has 4 heterocycles. The molecule has 2 aromatic heterocycles. The highest BCUT2D eigenvalue weighted by Crippen LogP contribution is 2.57. The summed E-state index contributed by atoms with van der Waals surface area (Å²) in [7, 11) is 0. The van der Waals surface area contributed by atoms with E-state index in [1.165, 1.54) is 141 Å². The number of aromatic nitrogens is 1. The first-order chi connectivity index (χ1) is 47.8. The third-order valence-corrected chi connectivity index (χ3v) is 23.6. The van der Waals surface area contributed by atoms with Gasteiger partial charge in [-0.2, -0.15) is 0 Å². The van der Waals surface area contributed by atoms with E-state index in [9.17, 15) is 0 Å². The molecule has 6 heteroatoms. The second kappa shape index (κ2) is 21.2. The third-order valence-electron chi connectivity index (χ3n) is 22.3. The first kappa shape index (κ1) is 59.6. The van der Waals surface area contributed by atoms with Crippen LogP contribution in [0.1, 0.15) is 104 Å². The smallest absolute Gasteiger partial charge is 0.264 e. The fourth-order valence-corrected chi connectivity index (χ4v) is 18.6. The zero-order valence-electron chi connectivity index (χ0n) is 58.2. The van der Waals surface area contributed by atoms with E-state index in [0.29, 0.717) is 0 Å². The van der Waals surface area contributed by atoms with Crippen molar-refractivity contribution in [1.82, 2.24) is 4.57 Å². The summed E-state index contributed by atoms with van der Waals surface area (Å²) in [4.78, 5) is 7.95. The summed E-state index contributed by atoms with van der Waals surface area (Å²) in [6.07, 6.45) is 0. The highest BCUT2D eigenvalue weighted by molar-refractivity contribution is 7.33. The standard InChI is InChI=1S/C93H77BN4S/c1-90(2,3)59-39-43-63(44-40-59)97-81-54-65(96-76-32-19-16-27-67(76)68-28-17-20-33-77(68)96)55-82-87(81)94(89-88(97)72-52-61(92(7,8)9)42-50-83(72)99-89)75-48-45-64(95(62-25-13-12-14-26-62)79-34-22-31-74-86(79)70-29-15-18-30-73(70)93(74,10)11)53-80(75)98(82)78-49-41-60(91(4,5)6)51-71(78)66-46-37-58-36-35-56-23-21-24-57-38-47-69(66)85(58)84(56)57/h12-55H,1-11H3. The van der Waals surface area contributed by atoms with Crippen molar-refractivity contribution in [3.05, 3.63) is 295 Å². The lowest BCUT2D eigenvalue weighted by atomic mass is 9.36. The molecular formula is C93H77BN4S. The van der Waals surface area contributed by atoms with Crippen LogP contribution in [-0.4, -0.2) is 11.3 Å². The van der Waals surface area contributed by atoms with E-state index >= 15 is 0 Å². The van der Waals surface area contributed by atoms with Crippen LogP contribution < -0.4 is 30.4 Å². The number of benzene rings is 14. The Morgan fingerprint density at radius 1 is 0.384 bits per heavy atom. The second-order valence-corrected chi connectivity index (χ2v) is 32.8. The van der Waals surface area contributed by atoms with Crippen molar-refractivity contribution >= 4 is 149 Å². The van der Waals surface area contributed by atoms with Gasteiger partial charge >= 0.3 is 0 Å². The largest absolute Gasteiger partial charge is 0.311 e. The van der Waals surface area contributed by atoms with Crippen LogP contribution in [0.25, 0.3) is 92.2 Å². The number of hydrogen-bond acceptors (Lipinski definition) is 4. The molecule has 0 fully saturated rings. The first-order valence-electron chi connectivity index (χ1n) is 35.3. The van der Waals surface area contributed by atoms with Gasteiger partial charge in [0.1, 0.15) is 0 Å². The zero-order valence-corrected chi connectivity index (χ0v) is 59.0. The lowest BCUT2D eigenvalue weighted by Crippen LogP contribution is -2.60. The fourth-order valence-electron chi connectivity index (χ4n) is 17.3. The molecular weight excluding hydrogens is 1220 g/mol.